The molecule has 0 atom stereocenters. The molecular weight excluding hydrogens is 214 g/mol. The molecule has 1 amide bonds. The van der Waals surface area contributed by atoms with Crippen molar-refractivity contribution in [3.05, 3.63) is 30.3 Å². The first kappa shape index (κ1) is 13.0. The van der Waals surface area contributed by atoms with E-state index in [9.17, 15) is 4.79 Å². The predicted octanol–water partition coefficient (Wildman–Crippen LogP) is 1.86. The number of nitriles is 1. The Morgan fingerprint density at radius 1 is 1.41 bits per heavy atom. The highest BCUT2D eigenvalue weighted by Gasteiger charge is 2.10. The molecule has 0 radical (unpaired) electrons. The van der Waals surface area contributed by atoms with Gasteiger partial charge in [0, 0.05) is 18.8 Å². The summed E-state index contributed by atoms with van der Waals surface area (Å²) in [4.78, 5) is 13.5. The highest BCUT2D eigenvalue weighted by Crippen LogP contribution is 2.04. The van der Waals surface area contributed by atoms with Crippen molar-refractivity contribution < 1.29 is 4.79 Å². The van der Waals surface area contributed by atoms with Crippen molar-refractivity contribution in [3.8, 4) is 6.07 Å². The summed E-state index contributed by atoms with van der Waals surface area (Å²) < 4.78 is 0. The van der Waals surface area contributed by atoms with Crippen LogP contribution in [0.1, 0.15) is 13.3 Å². The third kappa shape index (κ3) is 4.56. The molecule has 0 spiro atoms. The van der Waals surface area contributed by atoms with Gasteiger partial charge in [0.25, 0.3) is 0 Å². The summed E-state index contributed by atoms with van der Waals surface area (Å²) in [7, 11) is 0. The molecule has 4 nitrogen and oxygen atoms in total. The average molecular weight is 231 g/mol. The van der Waals surface area contributed by atoms with E-state index in [-0.39, 0.29) is 12.5 Å². The summed E-state index contributed by atoms with van der Waals surface area (Å²) in [6.45, 7) is 3.32. The van der Waals surface area contributed by atoms with Gasteiger partial charge in [-0.05, 0) is 19.1 Å². The van der Waals surface area contributed by atoms with Crippen molar-refractivity contribution in [1.82, 2.24) is 4.90 Å². The summed E-state index contributed by atoms with van der Waals surface area (Å²) in [5, 5.41) is 11.6. The molecule has 0 aliphatic heterocycles. The molecule has 0 aliphatic carbocycles. The molecule has 0 bridgehead atoms. The van der Waals surface area contributed by atoms with Crippen LogP contribution in [0.3, 0.4) is 0 Å². The number of hydrogen-bond donors (Lipinski definition) is 1. The van der Waals surface area contributed by atoms with Crippen LogP contribution in [0.5, 0.6) is 0 Å². The molecule has 4 heteroatoms. The number of nitrogens with zero attached hydrogens (tertiary/aromatic N) is 2. The van der Waals surface area contributed by atoms with E-state index in [0.29, 0.717) is 19.5 Å². The Labute approximate surface area is 102 Å². The largest absolute Gasteiger partial charge is 0.376 e. The molecule has 0 fully saturated rings. The Morgan fingerprint density at radius 2 is 2.12 bits per heavy atom. The standard InChI is InChI=1S/C13H17N3O/c1-2-16(10-6-9-14)13(17)11-15-12-7-4-3-5-8-12/h3-5,7-8,15H,2,6,10-11H2,1H3. The molecule has 17 heavy (non-hydrogen) atoms. The van der Waals surface area contributed by atoms with Gasteiger partial charge in [-0.15, -0.1) is 0 Å². The van der Waals surface area contributed by atoms with Crippen molar-refractivity contribution in [2.45, 2.75) is 13.3 Å². The number of hydrogen-bond acceptors (Lipinski definition) is 3. The summed E-state index contributed by atoms with van der Waals surface area (Å²) in [6.07, 6.45) is 0.380. The van der Waals surface area contributed by atoms with Crippen LogP contribution in [-0.2, 0) is 4.79 Å². The topological polar surface area (TPSA) is 56.1 Å². The summed E-state index contributed by atoms with van der Waals surface area (Å²) in [5.41, 5.74) is 0.928. The first-order valence-electron chi connectivity index (χ1n) is 5.71. The lowest BCUT2D eigenvalue weighted by atomic mass is 10.3. The fourth-order valence-electron chi connectivity index (χ4n) is 1.49. The van der Waals surface area contributed by atoms with Gasteiger partial charge in [-0.25, -0.2) is 0 Å². The van der Waals surface area contributed by atoms with Crippen molar-refractivity contribution >= 4 is 11.6 Å². The first-order chi connectivity index (χ1) is 8.27. The second-order valence-electron chi connectivity index (χ2n) is 3.60. The zero-order valence-corrected chi connectivity index (χ0v) is 10.0. The van der Waals surface area contributed by atoms with Crippen LogP contribution in [0.15, 0.2) is 30.3 Å². The Kier molecular flexibility index (Phi) is 5.59. The quantitative estimate of drug-likeness (QED) is 0.813. The third-order valence-corrected chi connectivity index (χ3v) is 2.45. The minimum Gasteiger partial charge on any atom is -0.376 e. The Hall–Kier alpha value is -2.02. The average Bonchev–Trinajstić information content (AvgIpc) is 2.38. The molecule has 0 aliphatic rings. The molecule has 1 rings (SSSR count). The summed E-state index contributed by atoms with van der Waals surface area (Å²) >= 11 is 0. The fraction of sp³-hybridized carbons (Fsp3) is 0.385. The smallest absolute Gasteiger partial charge is 0.241 e. The van der Waals surface area contributed by atoms with Crippen LogP contribution in [-0.4, -0.2) is 30.4 Å². The Balaban J connectivity index is 2.40. The minimum absolute atomic E-state index is 0.0200. The minimum atomic E-state index is 0.0200. The highest BCUT2D eigenvalue weighted by molar-refractivity contribution is 5.80. The fourth-order valence-corrected chi connectivity index (χ4v) is 1.49. The third-order valence-electron chi connectivity index (χ3n) is 2.45. The molecule has 90 valence electrons. The number of carbonyl (C=O) groups is 1. The van der Waals surface area contributed by atoms with E-state index in [2.05, 4.69) is 5.32 Å². The monoisotopic (exact) mass is 231 g/mol. The zero-order valence-electron chi connectivity index (χ0n) is 10.0. The molecule has 0 aromatic heterocycles. The molecule has 0 saturated carbocycles. The van der Waals surface area contributed by atoms with Gasteiger partial charge < -0.3 is 10.2 Å². The maximum Gasteiger partial charge on any atom is 0.241 e. The van der Waals surface area contributed by atoms with Crippen LogP contribution in [0.4, 0.5) is 5.69 Å². The molecular formula is C13H17N3O. The number of nitrogens with one attached hydrogen (secondary N) is 1. The predicted molar refractivity (Wildman–Crippen MR) is 67.4 cm³/mol. The van der Waals surface area contributed by atoms with Gasteiger partial charge in [0.1, 0.15) is 0 Å². The molecule has 0 saturated heterocycles. The SMILES string of the molecule is CCN(CCC#N)C(=O)CNc1ccccc1. The lowest BCUT2D eigenvalue weighted by Crippen LogP contribution is -2.36. The summed E-state index contributed by atoms with van der Waals surface area (Å²) in [6, 6.07) is 11.6. The maximum absolute atomic E-state index is 11.8. The second kappa shape index (κ2) is 7.29. The van der Waals surface area contributed by atoms with E-state index in [4.69, 9.17) is 5.26 Å². The Bertz CT molecular complexity index is 383. The number of anilines is 1. The number of benzene rings is 1. The molecule has 1 N–H and O–H groups in total. The van der Waals surface area contributed by atoms with Crippen LogP contribution in [0.2, 0.25) is 0 Å². The van der Waals surface area contributed by atoms with Gasteiger partial charge in [0.15, 0.2) is 0 Å². The normalized spacial score (nSPS) is 9.41. The van der Waals surface area contributed by atoms with Gasteiger partial charge in [-0.1, -0.05) is 18.2 Å². The van der Waals surface area contributed by atoms with Gasteiger partial charge >= 0.3 is 0 Å². The van der Waals surface area contributed by atoms with E-state index < -0.39 is 0 Å². The van der Waals surface area contributed by atoms with Crippen molar-refractivity contribution in [2.75, 3.05) is 25.0 Å². The van der Waals surface area contributed by atoms with Crippen LogP contribution in [0, 0.1) is 11.3 Å². The number of likely N-dealkylation sites (N-methyl/N-ethyl adjacent to an activating group) is 1. The van der Waals surface area contributed by atoms with Crippen molar-refractivity contribution in [2.24, 2.45) is 0 Å². The number of rotatable bonds is 6. The van der Waals surface area contributed by atoms with Gasteiger partial charge in [-0.3, -0.25) is 4.79 Å². The van der Waals surface area contributed by atoms with Crippen LogP contribution >= 0.6 is 0 Å². The van der Waals surface area contributed by atoms with Crippen molar-refractivity contribution in [1.29, 1.82) is 5.26 Å². The van der Waals surface area contributed by atoms with E-state index in [1.807, 2.05) is 43.3 Å². The lowest BCUT2D eigenvalue weighted by molar-refractivity contribution is -0.129. The molecule has 1 aromatic carbocycles. The van der Waals surface area contributed by atoms with Crippen molar-refractivity contribution in [3.63, 3.8) is 0 Å². The number of amides is 1. The lowest BCUT2D eigenvalue weighted by Gasteiger charge is -2.19. The van der Waals surface area contributed by atoms with Crippen LogP contribution < -0.4 is 5.32 Å². The maximum atomic E-state index is 11.8. The van der Waals surface area contributed by atoms with Gasteiger partial charge in [-0.2, -0.15) is 5.26 Å². The Morgan fingerprint density at radius 3 is 2.71 bits per heavy atom. The molecule has 0 unspecified atom stereocenters. The van der Waals surface area contributed by atoms with E-state index in [1.54, 1.807) is 4.90 Å². The highest BCUT2D eigenvalue weighted by atomic mass is 16.2. The summed E-state index contributed by atoms with van der Waals surface area (Å²) in [5.74, 6) is 0.0200. The number of para-hydroxylation sites is 1. The molecule has 1 aromatic rings. The van der Waals surface area contributed by atoms with Gasteiger partial charge in [0.05, 0.1) is 19.0 Å². The van der Waals surface area contributed by atoms with Gasteiger partial charge in [0.2, 0.25) is 5.91 Å². The number of carbonyl (C=O) groups excluding carboxylic acids is 1. The zero-order chi connectivity index (χ0) is 12.5. The van der Waals surface area contributed by atoms with E-state index in [0.717, 1.165) is 5.69 Å². The molecule has 0 heterocycles. The van der Waals surface area contributed by atoms with E-state index in [1.165, 1.54) is 0 Å². The van der Waals surface area contributed by atoms with E-state index >= 15 is 0 Å². The second-order valence-corrected chi connectivity index (χ2v) is 3.60. The van der Waals surface area contributed by atoms with Crippen LogP contribution in [0.25, 0.3) is 0 Å². The first-order valence-corrected chi connectivity index (χ1v) is 5.71.